The van der Waals surface area contributed by atoms with Crippen LogP contribution in [0.3, 0.4) is 0 Å². The zero-order chi connectivity index (χ0) is 12.8. The normalized spacial score (nSPS) is 12.0. The van der Waals surface area contributed by atoms with Crippen molar-refractivity contribution in [1.29, 1.82) is 0 Å². The Morgan fingerprint density at radius 3 is 2.29 bits per heavy atom. The highest BCUT2D eigenvalue weighted by Gasteiger charge is 2.06. The summed E-state index contributed by atoms with van der Waals surface area (Å²) in [4.78, 5) is 21.1. The van der Waals surface area contributed by atoms with Crippen molar-refractivity contribution in [2.24, 2.45) is 5.73 Å². The molecule has 0 aliphatic rings. The minimum atomic E-state index is -1.16. The predicted octanol–water partition coefficient (Wildman–Crippen LogP) is 0.509. The molecule has 0 bridgehead atoms. The van der Waals surface area contributed by atoms with Crippen molar-refractivity contribution in [3.63, 3.8) is 0 Å². The van der Waals surface area contributed by atoms with Crippen molar-refractivity contribution in [3.8, 4) is 0 Å². The van der Waals surface area contributed by atoms with Gasteiger partial charge in [0.05, 0.1) is 5.56 Å². The van der Waals surface area contributed by atoms with Crippen molar-refractivity contribution in [1.82, 2.24) is 0 Å². The fraction of sp³-hybridized carbons (Fsp3) is 0.273. The molecule has 5 nitrogen and oxygen atoms in total. The average Bonchev–Trinajstić information content (AvgIpc) is 2.27. The molecule has 92 valence electrons. The van der Waals surface area contributed by atoms with Gasteiger partial charge in [-0.15, -0.1) is 0 Å². The minimum absolute atomic E-state index is 0.0970. The number of primary amides is 1. The summed E-state index contributed by atoms with van der Waals surface area (Å²) in [6.45, 7) is 0. The Morgan fingerprint density at radius 2 is 1.82 bits per heavy atom. The third kappa shape index (κ3) is 4.78. The number of carbonyl (C=O) groups excluding carboxylic acids is 1. The van der Waals surface area contributed by atoms with Gasteiger partial charge < -0.3 is 10.8 Å². The van der Waals surface area contributed by atoms with Crippen LogP contribution in [0.5, 0.6) is 0 Å². The van der Waals surface area contributed by atoms with E-state index < -0.39 is 22.7 Å². The quantitative estimate of drug-likeness (QED) is 0.773. The van der Waals surface area contributed by atoms with E-state index >= 15 is 0 Å². The Labute approximate surface area is 101 Å². The molecule has 0 aliphatic heterocycles. The van der Waals surface area contributed by atoms with Crippen LogP contribution in [0.2, 0.25) is 0 Å². The number of hydrogen-bond donors (Lipinski definition) is 2. The van der Waals surface area contributed by atoms with Crippen LogP contribution in [-0.2, 0) is 21.3 Å². The highest BCUT2D eigenvalue weighted by Crippen LogP contribution is 2.07. The van der Waals surface area contributed by atoms with Crippen LogP contribution >= 0.6 is 0 Å². The minimum Gasteiger partial charge on any atom is -0.478 e. The number of rotatable bonds is 6. The number of carboxylic acids is 1. The largest absolute Gasteiger partial charge is 0.478 e. The monoisotopic (exact) mass is 255 g/mol. The summed E-state index contributed by atoms with van der Waals surface area (Å²) in [7, 11) is -1.16. The summed E-state index contributed by atoms with van der Waals surface area (Å²) >= 11 is 0. The molecular weight excluding hydrogens is 242 g/mol. The molecule has 1 aromatic rings. The van der Waals surface area contributed by atoms with Gasteiger partial charge in [0.1, 0.15) is 0 Å². The van der Waals surface area contributed by atoms with Gasteiger partial charge in [-0.1, -0.05) is 12.1 Å². The Hall–Kier alpha value is -1.69. The smallest absolute Gasteiger partial charge is 0.335 e. The van der Waals surface area contributed by atoms with E-state index in [0.717, 1.165) is 5.56 Å². The molecule has 0 saturated heterocycles. The van der Waals surface area contributed by atoms with E-state index in [-0.39, 0.29) is 17.7 Å². The first-order valence-corrected chi connectivity index (χ1v) is 6.43. The van der Waals surface area contributed by atoms with Gasteiger partial charge in [0, 0.05) is 28.7 Å². The molecule has 0 heterocycles. The summed E-state index contributed by atoms with van der Waals surface area (Å²) in [5.41, 5.74) is 5.92. The number of carbonyl (C=O) groups is 2. The van der Waals surface area contributed by atoms with Gasteiger partial charge >= 0.3 is 5.97 Å². The second-order valence-electron chi connectivity index (χ2n) is 3.51. The number of hydrogen-bond acceptors (Lipinski definition) is 3. The fourth-order valence-corrected chi connectivity index (χ4v) is 2.35. The van der Waals surface area contributed by atoms with E-state index in [9.17, 15) is 13.8 Å². The molecule has 17 heavy (non-hydrogen) atoms. The Kier molecular flexibility index (Phi) is 4.84. The molecule has 1 atom stereocenters. The van der Waals surface area contributed by atoms with Crippen LogP contribution in [0.4, 0.5) is 0 Å². The number of aromatic carboxylic acids is 1. The van der Waals surface area contributed by atoms with Crippen LogP contribution in [0, 0.1) is 0 Å². The van der Waals surface area contributed by atoms with Gasteiger partial charge in [0.15, 0.2) is 0 Å². The van der Waals surface area contributed by atoms with Crippen molar-refractivity contribution in [2.75, 3.05) is 5.75 Å². The predicted molar refractivity (Wildman–Crippen MR) is 63.9 cm³/mol. The summed E-state index contributed by atoms with van der Waals surface area (Å²) in [6.07, 6.45) is 0.0970. The van der Waals surface area contributed by atoms with Gasteiger partial charge in [-0.2, -0.15) is 0 Å². The van der Waals surface area contributed by atoms with E-state index in [0.29, 0.717) is 5.75 Å². The van der Waals surface area contributed by atoms with Crippen molar-refractivity contribution in [2.45, 2.75) is 12.2 Å². The van der Waals surface area contributed by atoms with E-state index in [1.165, 1.54) is 12.1 Å². The number of benzene rings is 1. The standard InChI is InChI=1S/C11H13NO4S/c12-10(13)5-6-17(16)7-8-1-3-9(4-2-8)11(14)15/h1-4H,5-7H2,(H2,12,13)(H,14,15). The topological polar surface area (TPSA) is 97.5 Å². The van der Waals surface area contributed by atoms with Gasteiger partial charge in [0.25, 0.3) is 0 Å². The first-order chi connectivity index (χ1) is 7.99. The first kappa shape index (κ1) is 13.4. The highest BCUT2D eigenvalue weighted by atomic mass is 32.2. The lowest BCUT2D eigenvalue weighted by atomic mass is 10.1. The molecule has 0 aliphatic carbocycles. The van der Waals surface area contributed by atoms with Gasteiger partial charge in [-0.05, 0) is 17.7 Å². The van der Waals surface area contributed by atoms with Gasteiger partial charge in [-0.3, -0.25) is 9.00 Å². The Morgan fingerprint density at radius 1 is 1.24 bits per heavy atom. The second kappa shape index (κ2) is 6.15. The highest BCUT2D eigenvalue weighted by molar-refractivity contribution is 7.84. The van der Waals surface area contributed by atoms with Crippen molar-refractivity contribution in [3.05, 3.63) is 35.4 Å². The van der Waals surface area contributed by atoms with E-state index in [4.69, 9.17) is 10.8 Å². The van der Waals surface area contributed by atoms with Gasteiger partial charge in [-0.25, -0.2) is 4.79 Å². The van der Waals surface area contributed by atoms with Crippen LogP contribution in [0.25, 0.3) is 0 Å². The molecule has 1 rings (SSSR count). The zero-order valence-corrected chi connectivity index (χ0v) is 9.90. The maximum Gasteiger partial charge on any atom is 0.335 e. The lowest BCUT2D eigenvalue weighted by Crippen LogP contribution is -2.14. The Bertz CT molecular complexity index is 441. The Balaban J connectivity index is 2.54. The molecule has 3 N–H and O–H groups in total. The maximum atomic E-state index is 11.5. The molecule has 0 saturated carbocycles. The third-order valence-corrected chi connectivity index (χ3v) is 3.42. The number of nitrogens with two attached hydrogens (primary N) is 1. The SMILES string of the molecule is NC(=O)CCS(=O)Cc1ccc(C(=O)O)cc1. The molecule has 1 aromatic carbocycles. The lowest BCUT2D eigenvalue weighted by molar-refractivity contribution is -0.117. The summed E-state index contributed by atoms with van der Waals surface area (Å²) in [5.74, 6) is -0.936. The molecule has 0 aromatic heterocycles. The third-order valence-electron chi connectivity index (χ3n) is 2.10. The molecule has 1 amide bonds. The van der Waals surface area contributed by atoms with Crippen molar-refractivity contribution < 1.29 is 18.9 Å². The molecule has 0 fully saturated rings. The summed E-state index contributed by atoms with van der Waals surface area (Å²) < 4.78 is 11.5. The zero-order valence-electron chi connectivity index (χ0n) is 9.09. The molecule has 6 heteroatoms. The van der Waals surface area contributed by atoms with Crippen LogP contribution in [-0.4, -0.2) is 26.9 Å². The van der Waals surface area contributed by atoms with Crippen molar-refractivity contribution >= 4 is 22.7 Å². The van der Waals surface area contributed by atoms with Crippen LogP contribution in [0.15, 0.2) is 24.3 Å². The lowest BCUT2D eigenvalue weighted by Gasteiger charge is -2.02. The first-order valence-electron chi connectivity index (χ1n) is 4.94. The second-order valence-corrected chi connectivity index (χ2v) is 5.08. The molecule has 0 radical (unpaired) electrons. The number of amides is 1. The molecular formula is C11H13NO4S. The van der Waals surface area contributed by atoms with E-state index in [1.807, 2.05) is 0 Å². The van der Waals surface area contributed by atoms with Crippen LogP contribution in [0.1, 0.15) is 22.3 Å². The average molecular weight is 255 g/mol. The van der Waals surface area contributed by atoms with E-state index in [2.05, 4.69) is 0 Å². The number of carboxylic acid groups (broad SMARTS) is 1. The maximum absolute atomic E-state index is 11.5. The fourth-order valence-electron chi connectivity index (χ4n) is 1.22. The molecule has 1 unspecified atom stereocenters. The molecule has 0 spiro atoms. The summed E-state index contributed by atoms with van der Waals surface area (Å²) in [6, 6.07) is 6.16. The van der Waals surface area contributed by atoms with Gasteiger partial charge in [0.2, 0.25) is 5.91 Å². The summed E-state index contributed by atoms with van der Waals surface area (Å²) in [5, 5.41) is 8.69. The van der Waals surface area contributed by atoms with Crippen LogP contribution < -0.4 is 5.73 Å². The van der Waals surface area contributed by atoms with E-state index in [1.54, 1.807) is 12.1 Å².